The second kappa shape index (κ2) is 11.3. The first-order valence-corrected chi connectivity index (χ1v) is 12.3. The number of sulfonamides is 1. The molecule has 2 rings (SSSR count). The largest absolute Gasteiger partial charge is 0.444 e. The minimum atomic E-state index is -3.84. The number of aryl methyl sites for hydroxylation is 2. The number of aliphatic hydroxyl groups excluding tert-OH is 1. The molecule has 34 heavy (non-hydrogen) atoms. The number of hydrogen-bond donors (Lipinski definition) is 4. The number of ether oxygens (including phenoxy) is 1. The summed E-state index contributed by atoms with van der Waals surface area (Å²) in [6, 6.07) is 5.63. The molecule has 2 aromatic rings. The first-order valence-electron chi connectivity index (χ1n) is 10.8. The second-order valence-corrected chi connectivity index (χ2v) is 10.6. The van der Waals surface area contributed by atoms with Gasteiger partial charge in [0, 0.05) is 26.0 Å². The van der Waals surface area contributed by atoms with E-state index in [1.54, 1.807) is 56.9 Å². The molecule has 0 radical (unpaired) electrons. The number of carbonyl (C=O) groups excluding carboxylic acids is 1. The van der Waals surface area contributed by atoms with Crippen molar-refractivity contribution in [2.24, 2.45) is 17.8 Å². The summed E-state index contributed by atoms with van der Waals surface area (Å²) in [4.78, 5) is 20.6. The van der Waals surface area contributed by atoms with Crippen molar-refractivity contribution >= 4 is 22.1 Å². The first-order chi connectivity index (χ1) is 15.8. The molecule has 1 heterocycles. The van der Waals surface area contributed by atoms with E-state index in [0.29, 0.717) is 18.7 Å². The van der Waals surface area contributed by atoms with Gasteiger partial charge in [-0.05, 0) is 52.7 Å². The molecule has 1 aromatic heterocycles. The van der Waals surface area contributed by atoms with E-state index in [2.05, 4.69) is 20.0 Å². The number of hydrogen-bond acceptors (Lipinski definition) is 7. The van der Waals surface area contributed by atoms with Crippen LogP contribution in [0, 0.1) is 6.92 Å². The number of aliphatic hydroxyl groups is 1. The van der Waals surface area contributed by atoms with Crippen molar-refractivity contribution in [1.29, 1.82) is 0 Å². The van der Waals surface area contributed by atoms with E-state index in [9.17, 15) is 18.3 Å². The zero-order valence-electron chi connectivity index (χ0n) is 20.1. The van der Waals surface area contributed by atoms with E-state index in [1.807, 2.05) is 6.92 Å². The predicted octanol–water partition coefficient (Wildman–Crippen LogP) is 1.73. The summed E-state index contributed by atoms with van der Waals surface area (Å²) in [5.74, 6) is 0.136. The maximum atomic E-state index is 12.4. The molecule has 0 saturated carbocycles. The molecule has 1 unspecified atom stereocenters. The van der Waals surface area contributed by atoms with Gasteiger partial charge in [-0.1, -0.05) is 17.7 Å². The monoisotopic (exact) mass is 494 g/mol. The fraction of sp³-hybridized carbons (Fsp3) is 0.500. The Morgan fingerprint density at radius 2 is 1.94 bits per heavy atom. The summed E-state index contributed by atoms with van der Waals surface area (Å²) < 4.78 is 34.0. The lowest BCUT2D eigenvalue weighted by atomic mass is 10.0. The van der Waals surface area contributed by atoms with Crippen LogP contribution in [0.5, 0.6) is 0 Å². The Kier molecular flexibility index (Phi) is 9.05. The van der Waals surface area contributed by atoms with Crippen molar-refractivity contribution < 1.29 is 23.1 Å². The van der Waals surface area contributed by atoms with Crippen LogP contribution < -0.4 is 15.8 Å². The number of imidazole rings is 1. The quantitative estimate of drug-likeness (QED) is 0.234. The minimum Gasteiger partial charge on any atom is -0.444 e. The number of guanidine groups is 1. The van der Waals surface area contributed by atoms with Crippen molar-refractivity contribution in [3.8, 4) is 0 Å². The number of aliphatic imine (C=N–C) groups is 1. The number of nitrogens with one attached hydrogen (secondary N) is 2. The number of amides is 1. The van der Waals surface area contributed by atoms with Gasteiger partial charge in [0.15, 0.2) is 0 Å². The summed E-state index contributed by atoms with van der Waals surface area (Å²) in [6.45, 7) is 7.25. The molecule has 12 heteroatoms. The molecule has 1 amide bonds. The van der Waals surface area contributed by atoms with Gasteiger partial charge in [0.1, 0.15) is 17.5 Å². The third kappa shape index (κ3) is 8.34. The van der Waals surface area contributed by atoms with Crippen molar-refractivity contribution in [3.05, 3.63) is 48.0 Å². The number of alkyl carbamates (subject to hydrolysis) is 1. The summed E-state index contributed by atoms with van der Waals surface area (Å²) in [7, 11) is -2.10. The van der Waals surface area contributed by atoms with Gasteiger partial charge in [-0.25, -0.2) is 22.9 Å². The molecule has 0 aliphatic heterocycles. The number of aromatic nitrogens is 2. The van der Waals surface area contributed by atoms with Crippen LogP contribution in [0.3, 0.4) is 0 Å². The van der Waals surface area contributed by atoms with E-state index in [4.69, 9.17) is 10.5 Å². The number of benzene rings is 1. The molecule has 0 aliphatic rings. The van der Waals surface area contributed by atoms with Gasteiger partial charge in [-0.15, -0.1) is 0 Å². The van der Waals surface area contributed by atoms with Crippen molar-refractivity contribution in [2.75, 3.05) is 6.54 Å². The predicted molar refractivity (Wildman–Crippen MR) is 129 cm³/mol. The Morgan fingerprint density at radius 1 is 1.29 bits per heavy atom. The lowest BCUT2D eigenvalue weighted by Gasteiger charge is -2.26. The highest BCUT2D eigenvalue weighted by Gasteiger charge is 2.27. The standard InChI is InChI=1S/C22H34N6O5S/c1-15-8-10-16(11-9-15)34(31,32)27-20(23)25-12-6-7-17(26-21(30)33-22(2,3)4)18(29)19-24-13-14-28(19)5/h8-11,13-14,17-18,29H,6-7,12H2,1-5H3,(H,26,30)(H3,23,25,27)/t17-,18?/m0/s1. The Morgan fingerprint density at radius 3 is 2.50 bits per heavy atom. The van der Waals surface area contributed by atoms with Crippen LogP contribution in [0.4, 0.5) is 4.79 Å². The van der Waals surface area contributed by atoms with E-state index >= 15 is 0 Å². The Hall–Kier alpha value is -3.12. The van der Waals surface area contributed by atoms with Crippen LogP contribution in [0.15, 0.2) is 46.5 Å². The molecule has 0 fully saturated rings. The van der Waals surface area contributed by atoms with Crippen molar-refractivity contribution in [1.82, 2.24) is 19.6 Å². The maximum absolute atomic E-state index is 12.4. The molecular formula is C22H34N6O5S. The molecule has 0 spiro atoms. The highest BCUT2D eigenvalue weighted by molar-refractivity contribution is 7.90. The van der Waals surface area contributed by atoms with E-state index < -0.39 is 33.9 Å². The molecule has 1 aromatic carbocycles. The van der Waals surface area contributed by atoms with Crippen LogP contribution in [-0.2, 0) is 21.8 Å². The number of nitrogens with zero attached hydrogens (tertiary/aromatic N) is 3. The molecule has 188 valence electrons. The lowest BCUT2D eigenvalue weighted by Crippen LogP contribution is -2.43. The molecule has 0 saturated heterocycles. The summed E-state index contributed by atoms with van der Waals surface area (Å²) in [5.41, 5.74) is 5.99. The summed E-state index contributed by atoms with van der Waals surface area (Å²) in [6.07, 6.45) is 2.19. The molecule has 11 nitrogen and oxygen atoms in total. The minimum absolute atomic E-state index is 0.0797. The van der Waals surface area contributed by atoms with Crippen molar-refractivity contribution in [2.45, 2.75) is 63.2 Å². The highest BCUT2D eigenvalue weighted by atomic mass is 32.2. The third-order valence-corrected chi connectivity index (χ3v) is 6.10. The Labute approximate surface area is 200 Å². The molecule has 0 aliphatic carbocycles. The molecule has 2 atom stereocenters. The van der Waals surface area contributed by atoms with Crippen LogP contribution >= 0.6 is 0 Å². The van der Waals surface area contributed by atoms with Gasteiger partial charge < -0.3 is 25.5 Å². The zero-order chi connectivity index (χ0) is 25.5. The van der Waals surface area contributed by atoms with Crippen LogP contribution in [0.1, 0.15) is 51.1 Å². The first kappa shape index (κ1) is 27.1. The Bertz CT molecular complexity index is 1090. The maximum Gasteiger partial charge on any atom is 0.407 e. The lowest BCUT2D eigenvalue weighted by molar-refractivity contribution is 0.0399. The Balaban J connectivity index is 2.00. The number of nitrogens with two attached hydrogens (primary N) is 1. The second-order valence-electron chi connectivity index (χ2n) is 8.92. The highest BCUT2D eigenvalue weighted by Crippen LogP contribution is 2.19. The molecule has 0 bridgehead atoms. The summed E-state index contributed by atoms with van der Waals surface area (Å²) >= 11 is 0. The zero-order valence-corrected chi connectivity index (χ0v) is 21.0. The van der Waals surface area contributed by atoms with Gasteiger partial charge in [-0.3, -0.25) is 4.99 Å². The van der Waals surface area contributed by atoms with Gasteiger partial charge in [0.25, 0.3) is 10.0 Å². The van der Waals surface area contributed by atoms with Gasteiger partial charge in [-0.2, -0.15) is 0 Å². The SMILES string of the molecule is Cc1ccc(S(=O)(=O)NC(N)=NCCC[C@H](NC(=O)OC(C)(C)C)C(O)c2nccn2C)cc1. The van der Waals surface area contributed by atoms with Crippen LogP contribution in [0.2, 0.25) is 0 Å². The van der Waals surface area contributed by atoms with Crippen LogP contribution in [-0.4, -0.2) is 53.3 Å². The van der Waals surface area contributed by atoms with E-state index in [0.717, 1.165) is 5.56 Å². The van der Waals surface area contributed by atoms with E-state index in [-0.39, 0.29) is 17.4 Å². The number of carbonyl (C=O) groups is 1. The number of rotatable bonds is 9. The summed E-state index contributed by atoms with van der Waals surface area (Å²) in [5, 5.41) is 13.5. The third-order valence-electron chi connectivity index (χ3n) is 4.73. The van der Waals surface area contributed by atoms with Gasteiger partial charge in [0.2, 0.25) is 5.96 Å². The molecule has 5 N–H and O–H groups in total. The van der Waals surface area contributed by atoms with Crippen LogP contribution in [0.25, 0.3) is 0 Å². The van der Waals surface area contributed by atoms with Crippen molar-refractivity contribution in [3.63, 3.8) is 0 Å². The van der Waals surface area contributed by atoms with E-state index in [1.165, 1.54) is 12.1 Å². The smallest absolute Gasteiger partial charge is 0.407 e. The van der Waals surface area contributed by atoms with Gasteiger partial charge >= 0.3 is 6.09 Å². The average Bonchev–Trinajstić information content (AvgIpc) is 3.14. The molecular weight excluding hydrogens is 460 g/mol. The fourth-order valence-corrected chi connectivity index (χ4v) is 4.02. The van der Waals surface area contributed by atoms with Gasteiger partial charge in [0.05, 0.1) is 10.9 Å². The normalized spacial score (nSPS) is 14.4. The average molecular weight is 495 g/mol. The fourth-order valence-electron chi connectivity index (χ4n) is 3.07. The topological polar surface area (TPSA) is 161 Å².